The van der Waals surface area contributed by atoms with Crippen LogP contribution in [-0.4, -0.2) is 27.4 Å². The molecule has 140 valence electrons. The number of hydrogen-bond acceptors (Lipinski definition) is 5. The van der Waals surface area contributed by atoms with Crippen LogP contribution in [0.25, 0.3) is 10.8 Å². The number of hydrogen-bond donors (Lipinski definition) is 1. The molecular formula is C19H19N3O4S. The number of anilines is 2. The van der Waals surface area contributed by atoms with Crippen molar-refractivity contribution in [1.82, 2.24) is 0 Å². The smallest absolute Gasteiger partial charge is 0.272 e. The summed E-state index contributed by atoms with van der Waals surface area (Å²) in [5.41, 5.74) is 1.52. The second kappa shape index (κ2) is 6.88. The maximum Gasteiger partial charge on any atom is 0.272 e. The molecule has 0 fully saturated rings. The monoisotopic (exact) mass is 385 g/mol. The van der Waals surface area contributed by atoms with Crippen molar-refractivity contribution in [3.8, 4) is 0 Å². The van der Waals surface area contributed by atoms with Gasteiger partial charge in [-0.25, -0.2) is 8.42 Å². The van der Waals surface area contributed by atoms with Gasteiger partial charge in [0.25, 0.3) is 15.7 Å². The van der Waals surface area contributed by atoms with Crippen molar-refractivity contribution in [3.63, 3.8) is 0 Å². The molecule has 0 saturated carbocycles. The first-order chi connectivity index (χ1) is 12.7. The first-order valence-corrected chi connectivity index (χ1v) is 9.66. The zero-order valence-electron chi connectivity index (χ0n) is 15.1. The molecule has 3 rings (SSSR count). The SMILES string of the molecule is Cc1cc(NS(=O)(=O)c2cccc3c(N(C)C)cccc23)ccc1[N+](=O)[O-]. The van der Waals surface area contributed by atoms with E-state index in [1.54, 1.807) is 25.1 Å². The average molecular weight is 385 g/mol. The van der Waals surface area contributed by atoms with Gasteiger partial charge < -0.3 is 4.90 Å². The summed E-state index contributed by atoms with van der Waals surface area (Å²) >= 11 is 0. The molecule has 0 atom stereocenters. The van der Waals surface area contributed by atoms with Gasteiger partial charge in [0, 0.05) is 47.9 Å². The van der Waals surface area contributed by atoms with Crippen molar-refractivity contribution in [3.05, 3.63) is 70.3 Å². The summed E-state index contributed by atoms with van der Waals surface area (Å²) < 4.78 is 28.5. The van der Waals surface area contributed by atoms with E-state index >= 15 is 0 Å². The van der Waals surface area contributed by atoms with E-state index in [0.717, 1.165) is 11.1 Å². The lowest BCUT2D eigenvalue weighted by atomic mass is 10.1. The Balaban J connectivity index is 2.07. The lowest BCUT2D eigenvalue weighted by Crippen LogP contribution is -2.14. The molecule has 0 radical (unpaired) electrons. The molecule has 3 aromatic carbocycles. The molecule has 0 amide bonds. The van der Waals surface area contributed by atoms with Crippen molar-refractivity contribution in [2.75, 3.05) is 23.7 Å². The predicted octanol–water partition coefficient (Wildman–Crippen LogP) is 3.92. The van der Waals surface area contributed by atoms with E-state index in [1.807, 2.05) is 37.2 Å². The molecule has 0 aliphatic rings. The Hall–Kier alpha value is -3.13. The highest BCUT2D eigenvalue weighted by atomic mass is 32.2. The van der Waals surface area contributed by atoms with E-state index in [1.165, 1.54) is 18.2 Å². The first kappa shape index (κ1) is 18.7. The maximum absolute atomic E-state index is 13.0. The fourth-order valence-electron chi connectivity index (χ4n) is 3.02. The molecule has 7 nitrogen and oxygen atoms in total. The second-order valence-electron chi connectivity index (χ2n) is 6.39. The second-order valence-corrected chi connectivity index (χ2v) is 8.04. The Labute approximate surface area is 157 Å². The Morgan fingerprint density at radius 3 is 2.30 bits per heavy atom. The molecule has 0 saturated heterocycles. The summed E-state index contributed by atoms with van der Waals surface area (Å²) in [5, 5.41) is 12.4. The minimum absolute atomic E-state index is 0.0567. The van der Waals surface area contributed by atoms with E-state index in [4.69, 9.17) is 0 Å². The predicted molar refractivity (Wildman–Crippen MR) is 107 cm³/mol. The number of aryl methyl sites for hydroxylation is 1. The van der Waals surface area contributed by atoms with Gasteiger partial charge in [0.05, 0.1) is 9.82 Å². The topological polar surface area (TPSA) is 92.6 Å². The third kappa shape index (κ3) is 3.56. The van der Waals surface area contributed by atoms with Gasteiger partial charge in [0.15, 0.2) is 0 Å². The molecule has 0 aliphatic carbocycles. The van der Waals surface area contributed by atoms with Crippen LogP contribution in [0, 0.1) is 17.0 Å². The van der Waals surface area contributed by atoms with Crippen LogP contribution in [-0.2, 0) is 10.0 Å². The van der Waals surface area contributed by atoms with Gasteiger partial charge >= 0.3 is 0 Å². The number of nitrogens with zero attached hydrogens (tertiary/aromatic N) is 2. The van der Waals surface area contributed by atoms with Gasteiger partial charge in [-0.05, 0) is 31.2 Å². The zero-order chi connectivity index (χ0) is 19.8. The number of sulfonamides is 1. The molecule has 0 aromatic heterocycles. The van der Waals surface area contributed by atoms with Crippen LogP contribution in [0.2, 0.25) is 0 Å². The largest absolute Gasteiger partial charge is 0.377 e. The van der Waals surface area contributed by atoms with E-state index in [0.29, 0.717) is 10.9 Å². The maximum atomic E-state index is 13.0. The molecular weight excluding hydrogens is 366 g/mol. The van der Waals surface area contributed by atoms with Gasteiger partial charge in [-0.2, -0.15) is 0 Å². The highest BCUT2D eigenvalue weighted by Gasteiger charge is 2.20. The lowest BCUT2D eigenvalue weighted by Gasteiger charge is -2.17. The number of nitro benzene ring substituents is 1. The van der Waals surface area contributed by atoms with Crippen LogP contribution in [0.4, 0.5) is 17.1 Å². The van der Waals surface area contributed by atoms with Crippen molar-refractivity contribution >= 4 is 37.9 Å². The van der Waals surface area contributed by atoms with Gasteiger partial charge in [-0.1, -0.05) is 24.3 Å². The number of nitro groups is 1. The fraction of sp³-hybridized carbons (Fsp3) is 0.158. The standard InChI is InChI=1S/C19H19N3O4S/c1-13-12-14(10-11-17(13)22(23)24)20-27(25,26)19-9-5-6-15-16(19)7-4-8-18(15)21(2)3/h4-12,20H,1-3H3. The molecule has 27 heavy (non-hydrogen) atoms. The molecule has 0 unspecified atom stereocenters. The van der Waals surface area contributed by atoms with Crippen LogP contribution >= 0.6 is 0 Å². The Morgan fingerprint density at radius 2 is 1.67 bits per heavy atom. The molecule has 1 N–H and O–H groups in total. The first-order valence-electron chi connectivity index (χ1n) is 8.17. The van der Waals surface area contributed by atoms with Crippen LogP contribution in [0.15, 0.2) is 59.5 Å². The lowest BCUT2D eigenvalue weighted by molar-refractivity contribution is -0.385. The Kier molecular flexibility index (Phi) is 4.75. The van der Waals surface area contributed by atoms with Crippen molar-refractivity contribution in [2.24, 2.45) is 0 Å². The fourth-order valence-corrected chi connectivity index (χ4v) is 4.30. The zero-order valence-corrected chi connectivity index (χ0v) is 15.9. The average Bonchev–Trinajstić information content (AvgIpc) is 2.59. The van der Waals surface area contributed by atoms with Crippen LogP contribution in [0.5, 0.6) is 0 Å². The summed E-state index contributed by atoms with van der Waals surface area (Å²) in [5.74, 6) is 0. The summed E-state index contributed by atoms with van der Waals surface area (Å²) in [6.07, 6.45) is 0. The molecule has 0 bridgehead atoms. The molecule has 0 spiro atoms. The number of rotatable bonds is 5. The molecule has 3 aromatic rings. The van der Waals surface area contributed by atoms with Crippen LogP contribution in [0.3, 0.4) is 0 Å². The third-order valence-corrected chi connectivity index (χ3v) is 5.72. The van der Waals surface area contributed by atoms with E-state index in [-0.39, 0.29) is 16.3 Å². The van der Waals surface area contributed by atoms with Gasteiger partial charge in [0.2, 0.25) is 0 Å². The van der Waals surface area contributed by atoms with Crippen molar-refractivity contribution in [2.45, 2.75) is 11.8 Å². The number of nitrogens with one attached hydrogen (secondary N) is 1. The Bertz CT molecular complexity index is 1140. The van der Waals surface area contributed by atoms with Crippen molar-refractivity contribution < 1.29 is 13.3 Å². The summed E-state index contributed by atoms with van der Waals surface area (Å²) in [4.78, 5) is 12.5. The third-order valence-electron chi connectivity index (χ3n) is 4.28. The minimum atomic E-state index is -3.87. The van der Waals surface area contributed by atoms with Gasteiger partial charge in [-0.15, -0.1) is 0 Å². The quantitative estimate of drug-likeness (QED) is 0.531. The van der Waals surface area contributed by atoms with Crippen LogP contribution < -0.4 is 9.62 Å². The highest BCUT2D eigenvalue weighted by molar-refractivity contribution is 7.93. The molecule has 0 heterocycles. The van der Waals surface area contributed by atoms with E-state index in [9.17, 15) is 18.5 Å². The highest BCUT2D eigenvalue weighted by Crippen LogP contribution is 2.31. The minimum Gasteiger partial charge on any atom is -0.377 e. The number of fused-ring (bicyclic) bond motifs is 1. The van der Waals surface area contributed by atoms with Crippen LogP contribution in [0.1, 0.15) is 5.56 Å². The summed E-state index contributed by atoms with van der Waals surface area (Å²) in [7, 11) is -0.0773. The van der Waals surface area contributed by atoms with E-state index in [2.05, 4.69) is 4.72 Å². The summed E-state index contributed by atoms with van der Waals surface area (Å²) in [6.45, 7) is 1.57. The number of benzene rings is 3. The normalized spacial score (nSPS) is 11.4. The Morgan fingerprint density at radius 1 is 1.00 bits per heavy atom. The summed E-state index contributed by atoms with van der Waals surface area (Å²) in [6, 6.07) is 14.7. The molecule has 0 aliphatic heterocycles. The molecule has 8 heteroatoms. The van der Waals surface area contributed by atoms with Gasteiger partial charge in [-0.3, -0.25) is 14.8 Å². The van der Waals surface area contributed by atoms with Crippen molar-refractivity contribution in [1.29, 1.82) is 0 Å². The van der Waals surface area contributed by atoms with Gasteiger partial charge in [0.1, 0.15) is 0 Å². The van der Waals surface area contributed by atoms with E-state index < -0.39 is 14.9 Å².